The number of halogens is 1. The number of benzene rings is 1. The first-order valence-electron chi connectivity index (χ1n) is 10.5. The fraction of sp³-hybridized carbons (Fsp3) is 0.429. The van der Waals surface area contributed by atoms with E-state index in [-0.39, 0.29) is 40.8 Å². The molecule has 14 heteroatoms. The molecule has 0 radical (unpaired) electrons. The highest BCUT2D eigenvalue weighted by Gasteiger charge is 2.37. The van der Waals surface area contributed by atoms with E-state index in [2.05, 4.69) is 49.1 Å². The predicted molar refractivity (Wildman–Crippen MR) is 133 cm³/mol. The summed E-state index contributed by atoms with van der Waals surface area (Å²) in [6.45, 7) is 10.5. The average molecular weight is 545 g/mol. The summed E-state index contributed by atoms with van der Waals surface area (Å²) >= 11 is 5.82. The third-order valence-electron chi connectivity index (χ3n) is 5.31. The smallest absolute Gasteiger partial charge is 0.339 e. The van der Waals surface area contributed by atoms with Crippen molar-refractivity contribution in [2.75, 3.05) is 25.6 Å². The molecule has 0 spiro atoms. The van der Waals surface area contributed by atoms with Crippen LogP contribution >= 0.6 is 11.6 Å². The molecule has 2 rings (SSSR count). The fourth-order valence-electron chi connectivity index (χ4n) is 2.46. The Morgan fingerprint density at radius 2 is 1.77 bits per heavy atom. The van der Waals surface area contributed by atoms with Crippen molar-refractivity contribution in [1.29, 1.82) is 0 Å². The van der Waals surface area contributed by atoms with Crippen molar-refractivity contribution in [2.24, 2.45) is 0 Å². The number of nitrogens with one attached hydrogen (secondary N) is 2. The van der Waals surface area contributed by atoms with Gasteiger partial charge in [0.05, 0.1) is 19.3 Å². The number of esters is 1. The summed E-state index contributed by atoms with van der Waals surface area (Å²) < 4.78 is 43.6. The van der Waals surface area contributed by atoms with Gasteiger partial charge in [-0.2, -0.15) is 4.98 Å². The first kappa shape index (κ1) is 28.5. The van der Waals surface area contributed by atoms with Crippen LogP contribution in [0.15, 0.2) is 35.2 Å². The SMILES string of the molecule is COc1cc(Cl)nc(NC(=O)NS(=O)(=O)c2ccccc2C(=O)OCCO[Si](C)(C)C(C)(C)C)n1. The lowest BCUT2D eigenvalue weighted by Gasteiger charge is -2.36. The normalized spacial score (nSPS) is 12.1. The molecular formula is C21H29ClN4O7SSi. The predicted octanol–water partition coefficient (Wildman–Crippen LogP) is 3.83. The minimum Gasteiger partial charge on any atom is -0.481 e. The average Bonchev–Trinajstić information content (AvgIpc) is 2.74. The lowest BCUT2D eigenvalue weighted by atomic mass is 10.2. The maximum atomic E-state index is 12.8. The Morgan fingerprint density at radius 3 is 2.40 bits per heavy atom. The number of sulfonamides is 1. The van der Waals surface area contributed by atoms with Gasteiger partial charge in [-0.1, -0.05) is 44.5 Å². The molecule has 35 heavy (non-hydrogen) atoms. The molecule has 2 N–H and O–H groups in total. The molecule has 2 amide bonds. The van der Waals surface area contributed by atoms with Gasteiger partial charge in [0.25, 0.3) is 10.0 Å². The van der Waals surface area contributed by atoms with Crippen LogP contribution < -0.4 is 14.8 Å². The molecule has 0 unspecified atom stereocenters. The molecule has 0 aliphatic heterocycles. The van der Waals surface area contributed by atoms with Gasteiger partial charge in [-0.25, -0.2) is 27.7 Å². The molecule has 1 aromatic heterocycles. The van der Waals surface area contributed by atoms with Gasteiger partial charge in [-0.3, -0.25) is 5.32 Å². The van der Waals surface area contributed by atoms with Gasteiger partial charge in [0.2, 0.25) is 11.8 Å². The van der Waals surface area contributed by atoms with Gasteiger partial charge in [0.1, 0.15) is 16.7 Å². The standard InChI is InChI=1S/C21H29ClN4O7SSi/c1-21(2,3)35(5,6)33-12-11-32-18(27)14-9-7-8-10-15(14)34(29,30)26-20(28)25-19-23-16(22)13-17(24-19)31-4/h7-10,13H,11-12H2,1-6H3,(H2,23,24,25,26,28). The summed E-state index contributed by atoms with van der Waals surface area (Å²) in [5, 5.41) is 2.12. The van der Waals surface area contributed by atoms with Gasteiger partial charge < -0.3 is 13.9 Å². The Labute approximate surface area is 210 Å². The van der Waals surface area contributed by atoms with Crippen molar-refractivity contribution in [3.8, 4) is 5.88 Å². The van der Waals surface area contributed by atoms with Gasteiger partial charge in [0, 0.05) is 6.07 Å². The largest absolute Gasteiger partial charge is 0.481 e. The van der Waals surface area contributed by atoms with Gasteiger partial charge >= 0.3 is 12.0 Å². The van der Waals surface area contributed by atoms with Crippen LogP contribution in [0.1, 0.15) is 31.1 Å². The molecule has 0 fully saturated rings. The van der Waals surface area contributed by atoms with E-state index in [0.29, 0.717) is 0 Å². The Kier molecular flexibility index (Phi) is 9.22. The molecule has 11 nitrogen and oxygen atoms in total. The fourth-order valence-corrected chi connectivity index (χ4v) is 4.76. The lowest BCUT2D eigenvalue weighted by molar-refractivity contribution is 0.0437. The quantitative estimate of drug-likeness (QED) is 0.208. The van der Waals surface area contributed by atoms with Crippen LogP contribution in [0.5, 0.6) is 5.88 Å². The molecule has 192 valence electrons. The van der Waals surface area contributed by atoms with E-state index in [1.54, 1.807) is 0 Å². The molecule has 0 aliphatic carbocycles. The third kappa shape index (κ3) is 7.88. The zero-order valence-electron chi connectivity index (χ0n) is 20.3. The summed E-state index contributed by atoms with van der Waals surface area (Å²) in [5.41, 5.74) is -0.235. The number of hydrogen-bond donors (Lipinski definition) is 2. The molecule has 2 aromatic rings. The van der Waals surface area contributed by atoms with Crippen molar-refractivity contribution in [2.45, 2.75) is 43.8 Å². The maximum absolute atomic E-state index is 12.8. The molecule has 0 saturated carbocycles. The van der Waals surface area contributed by atoms with Crippen molar-refractivity contribution in [3.05, 3.63) is 41.0 Å². The van der Waals surface area contributed by atoms with E-state index in [4.69, 9.17) is 25.5 Å². The second kappa shape index (κ2) is 11.3. The molecule has 1 aromatic carbocycles. The Bertz CT molecular complexity index is 1190. The van der Waals surface area contributed by atoms with E-state index in [1.807, 2.05) is 4.72 Å². The number of aromatic nitrogens is 2. The van der Waals surface area contributed by atoms with Gasteiger partial charge in [-0.15, -0.1) is 0 Å². The third-order valence-corrected chi connectivity index (χ3v) is 11.4. The van der Waals surface area contributed by atoms with Crippen LogP contribution in [-0.4, -0.2) is 59.0 Å². The number of hydrogen-bond acceptors (Lipinski definition) is 9. The minimum atomic E-state index is -4.46. The van der Waals surface area contributed by atoms with E-state index >= 15 is 0 Å². The first-order chi connectivity index (χ1) is 16.2. The van der Waals surface area contributed by atoms with Crippen LogP contribution in [0.2, 0.25) is 23.3 Å². The van der Waals surface area contributed by atoms with Crippen LogP contribution in [0.4, 0.5) is 10.7 Å². The summed E-state index contributed by atoms with van der Waals surface area (Å²) in [6.07, 6.45) is 0. The maximum Gasteiger partial charge on any atom is 0.339 e. The van der Waals surface area contributed by atoms with E-state index in [1.165, 1.54) is 37.4 Å². The molecule has 0 bridgehead atoms. The van der Waals surface area contributed by atoms with Crippen LogP contribution in [0, 0.1) is 0 Å². The number of methoxy groups -OCH3 is 1. The summed E-state index contributed by atoms with van der Waals surface area (Å²) in [6, 6.07) is 5.50. The van der Waals surface area contributed by atoms with E-state index in [9.17, 15) is 18.0 Å². The number of carbonyl (C=O) groups excluding carboxylic acids is 2. The molecule has 0 atom stereocenters. The Hall–Kier alpha value is -2.74. The zero-order chi connectivity index (χ0) is 26.4. The molecule has 1 heterocycles. The minimum absolute atomic E-state index is 0.00875. The van der Waals surface area contributed by atoms with Gasteiger partial charge in [0.15, 0.2) is 8.32 Å². The van der Waals surface area contributed by atoms with Crippen LogP contribution in [0.25, 0.3) is 0 Å². The Morgan fingerprint density at radius 1 is 1.11 bits per heavy atom. The lowest BCUT2D eigenvalue weighted by Crippen LogP contribution is -2.41. The van der Waals surface area contributed by atoms with Crippen molar-refractivity contribution < 1.29 is 31.9 Å². The molecular weight excluding hydrogens is 516 g/mol. The van der Waals surface area contributed by atoms with Crippen LogP contribution in [0.3, 0.4) is 0 Å². The molecule has 0 aliphatic rings. The van der Waals surface area contributed by atoms with Crippen molar-refractivity contribution in [3.63, 3.8) is 0 Å². The van der Waals surface area contributed by atoms with Crippen molar-refractivity contribution >= 4 is 47.9 Å². The molecule has 0 saturated heterocycles. The number of ether oxygens (including phenoxy) is 2. The monoisotopic (exact) mass is 544 g/mol. The number of carbonyl (C=O) groups is 2. The number of anilines is 1. The highest BCUT2D eigenvalue weighted by molar-refractivity contribution is 7.90. The van der Waals surface area contributed by atoms with Crippen molar-refractivity contribution in [1.82, 2.24) is 14.7 Å². The second-order valence-corrected chi connectivity index (χ2v) is 15.7. The topological polar surface area (TPSA) is 146 Å². The zero-order valence-corrected chi connectivity index (χ0v) is 22.9. The second-order valence-electron chi connectivity index (χ2n) is 8.86. The Balaban J connectivity index is 2.08. The first-order valence-corrected chi connectivity index (χ1v) is 15.3. The summed E-state index contributed by atoms with van der Waals surface area (Å²) in [7, 11) is -5.15. The number of nitrogens with zero attached hydrogens (tertiary/aromatic N) is 2. The van der Waals surface area contributed by atoms with E-state index < -0.39 is 35.2 Å². The van der Waals surface area contributed by atoms with Crippen LogP contribution in [-0.2, 0) is 19.2 Å². The summed E-state index contributed by atoms with van der Waals surface area (Å²) in [5.74, 6) is -1.08. The number of rotatable bonds is 9. The number of amides is 2. The number of urea groups is 1. The summed E-state index contributed by atoms with van der Waals surface area (Å²) in [4.78, 5) is 32.1. The van der Waals surface area contributed by atoms with E-state index in [0.717, 1.165) is 0 Å². The van der Waals surface area contributed by atoms with Gasteiger partial charge in [-0.05, 0) is 30.3 Å². The highest BCUT2D eigenvalue weighted by atomic mass is 35.5. The highest BCUT2D eigenvalue weighted by Crippen LogP contribution is 2.36.